The number of aliphatic hydroxyl groups is 1. The van der Waals surface area contributed by atoms with Crippen molar-refractivity contribution in [3.8, 4) is 0 Å². The second kappa shape index (κ2) is 8.33. The molecule has 1 saturated carbocycles. The maximum Gasteiger partial charge on any atom is 0.237 e. The van der Waals surface area contributed by atoms with E-state index in [-0.39, 0.29) is 12.5 Å². The third-order valence-corrected chi connectivity index (χ3v) is 3.76. The summed E-state index contributed by atoms with van der Waals surface area (Å²) in [6, 6.07) is 0.472. The van der Waals surface area contributed by atoms with E-state index < -0.39 is 0 Å². The second-order valence-corrected chi connectivity index (χ2v) is 5.50. The molecule has 0 aliphatic heterocycles. The first-order valence-corrected chi connectivity index (χ1v) is 7.35. The van der Waals surface area contributed by atoms with Crippen molar-refractivity contribution in [2.24, 2.45) is 0 Å². The van der Waals surface area contributed by atoms with E-state index in [2.05, 4.69) is 11.5 Å². The Bertz CT molecular complexity index is 299. The molecule has 0 aromatic carbocycles. The van der Waals surface area contributed by atoms with Crippen molar-refractivity contribution in [2.45, 2.75) is 45.6 Å². The van der Waals surface area contributed by atoms with Crippen molar-refractivity contribution in [2.75, 3.05) is 32.8 Å². The predicted octanol–water partition coefficient (Wildman–Crippen LogP) is 1.65. The Morgan fingerprint density at radius 2 is 1.95 bits per heavy atom. The number of carbonyl (C=O) groups is 1. The van der Waals surface area contributed by atoms with E-state index in [1.54, 1.807) is 0 Å². The molecule has 0 atom stereocenters. The molecule has 1 aliphatic rings. The summed E-state index contributed by atoms with van der Waals surface area (Å²) in [5.74, 6) is 0.144. The highest BCUT2D eigenvalue weighted by atomic mass is 16.3. The number of likely N-dealkylation sites (N-methyl/N-ethyl adjacent to an activating group) is 1. The molecule has 110 valence electrons. The van der Waals surface area contributed by atoms with Crippen LogP contribution in [0.5, 0.6) is 0 Å². The zero-order chi connectivity index (χ0) is 14.3. The minimum atomic E-state index is 0.121. The zero-order valence-electron chi connectivity index (χ0n) is 12.4. The number of aliphatic hydroxyl groups excluding tert-OH is 1. The first kappa shape index (κ1) is 16.2. The van der Waals surface area contributed by atoms with Gasteiger partial charge in [-0.15, -0.1) is 0 Å². The molecule has 1 amide bonds. The topological polar surface area (TPSA) is 43.8 Å². The Kier molecular flexibility index (Phi) is 7.10. The molecule has 19 heavy (non-hydrogen) atoms. The first-order chi connectivity index (χ1) is 9.08. The van der Waals surface area contributed by atoms with Crippen LogP contribution in [0.2, 0.25) is 0 Å². The van der Waals surface area contributed by atoms with Crippen LogP contribution in [0.1, 0.15) is 39.5 Å². The second-order valence-electron chi connectivity index (χ2n) is 5.50. The molecule has 1 fully saturated rings. The first-order valence-electron chi connectivity index (χ1n) is 7.35. The van der Waals surface area contributed by atoms with Gasteiger partial charge in [-0.05, 0) is 26.7 Å². The van der Waals surface area contributed by atoms with Gasteiger partial charge in [-0.2, -0.15) is 0 Å². The molecular formula is C15H28N2O2. The molecular weight excluding hydrogens is 240 g/mol. The van der Waals surface area contributed by atoms with Crippen LogP contribution in [0.25, 0.3) is 0 Å². The summed E-state index contributed by atoms with van der Waals surface area (Å²) in [5, 5.41) is 9.17. The fraction of sp³-hybridized carbons (Fsp3) is 0.800. The van der Waals surface area contributed by atoms with Crippen LogP contribution in [0, 0.1) is 0 Å². The van der Waals surface area contributed by atoms with E-state index >= 15 is 0 Å². The highest BCUT2D eigenvalue weighted by molar-refractivity contribution is 5.78. The summed E-state index contributed by atoms with van der Waals surface area (Å²) in [6.07, 6.45) is 4.79. The largest absolute Gasteiger partial charge is 0.395 e. The lowest BCUT2D eigenvalue weighted by Gasteiger charge is -2.30. The van der Waals surface area contributed by atoms with Gasteiger partial charge in [-0.1, -0.05) is 25.0 Å². The van der Waals surface area contributed by atoms with Crippen LogP contribution < -0.4 is 0 Å². The third kappa shape index (κ3) is 5.33. The summed E-state index contributed by atoms with van der Waals surface area (Å²) >= 11 is 0. The lowest BCUT2D eigenvalue weighted by atomic mass is 10.2. The fourth-order valence-electron chi connectivity index (χ4n) is 2.76. The van der Waals surface area contributed by atoms with Gasteiger partial charge in [-0.25, -0.2) is 0 Å². The molecule has 1 rings (SSSR count). The maximum atomic E-state index is 12.3. The summed E-state index contributed by atoms with van der Waals surface area (Å²) in [5.41, 5.74) is 1.00. The molecule has 4 nitrogen and oxygen atoms in total. The number of nitrogens with zero attached hydrogens (tertiary/aromatic N) is 2. The number of carbonyl (C=O) groups excluding carboxylic acids is 1. The van der Waals surface area contributed by atoms with E-state index in [9.17, 15) is 9.90 Å². The number of amides is 1. The number of rotatable bonds is 8. The van der Waals surface area contributed by atoms with Crippen LogP contribution in [-0.2, 0) is 4.79 Å². The Labute approximate surface area is 117 Å². The van der Waals surface area contributed by atoms with Gasteiger partial charge >= 0.3 is 0 Å². The molecule has 0 heterocycles. The minimum Gasteiger partial charge on any atom is -0.395 e. The zero-order valence-corrected chi connectivity index (χ0v) is 12.4. The van der Waals surface area contributed by atoms with Gasteiger partial charge in [0.05, 0.1) is 13.2 Å². The van der Waals surface area contributed by atoms with E-state index in [1.165, 1.54) is 12.8 Å². The average Bonchev–Trinajstić information content (AvgIpc) is 2.88. The maximum absolute atomic E-state index is 12.3. The van der Waals surface area contributed by atoms with Crippen molar-refractivity contribution in [3.05, 3.63) is 12.2 Å². The third-order valence-electron chi connectivity index (χ3n) is 3.76. The Balaban J connectivity index is 2.55. The van der Waals surface area contributed by atoms with Crippen molar-refractivity contribution in [3.63, 3.8) is 0 Å². The lowest BCUT2D eigenvalue weighted by Crippen LogP contribution is -2.45. The molecule has 1 aliphatic carbocycles. The monoisotopic (exact) mass is 268 g/mol. The molecule has 4 heteroatoms. The van der Waals surface area contributed by atoms with Crippen LogP contribution in [-0.4, -0.2) is 59.6 Å². The summed E-state index contributed by atoms with van der Waals surface area (Å²) in [4.78, 5) is 16.3. The van der Waals surface area contributed by atoms with Gasteiger partial charge in [0.2, 0.25) is 5.91 Å². The van der Waals surface area contributed by atoms with Gasteiger partial charge in [0.25, 0.3) is 0 Å². The SMILES string of the molecule is C=C(C)CN(CC)C(=O)CN(CCO)C1CCCC1. The van der Waals surface area contributed by atoms with Crippen LogP contribution >= 0.6 is 0 Å². The van der Waals surface area contributed by atoms with Crippen molar-refractivity contribution >= 4 is 5.91 Å². The number of hydrogen-bond donors (Lipinski definition) is 1. The average molecular weight is 268 g/mol. The van der Waals surface area contributed by atoms with E-state index in [0.717, 1.165) is 18.4 Å². The van der Waals surface area contributed by atoms with Gasteiger partial charge in [0.1, 0.15) is 0 Å². The molecule has 0 aromatic heterocycles. The molecule has 0 aromatic rings. The highest BCUT2D eigenvalue weighted by Crippen LogP contribution is 2.23. The minimum absolute atomic E-state index is 0.121. The smallest absolute Gasteiger partial charge is 0.237 e. The number of hydrogen-bond acceptors (Lipinski definition) is 3. The van der Waals surface area contributed by atoms with Gasteiger partial charge < -0.3 is 10.0 Å². The molecule has 0 unspecified atom stereocenters. The summed E-state index contributed by atoms with van der Waals surface area (Å²) < 4.78 is 0. The molecule has 1 N–H and O–H groups in total. The van der Waals surface area contributed by atoms with Crippen LogP contribution in [0.3, 0.4) is 0 Å². The van der Waals surface area contributed by atoms with E-state index in [0.29, 0.717) is 32.2 Å². The summed E-state index contributed by atoms with van der Waals surface area (Å²) in [6.45, 7) is 10.3. The Morgan fingerprint density at radius 3 is 2.42 bits per heavy atom. The van der Waals surface area contributed by atoms with Crippen molar-refractivity contribution in [1.82, 2.24) is 9.80 Å². The van der Waals surface area contributed by atoms with Crippen molar-refractivity contribution in [1.29, 1.82) is 0 Å². The molecule has 0 saturated heterocycles. The van der Waals surface area contributed by atoms with Gasteiger partial charge in [-0.3, -0.25) is 9.69 Å². The Hall–Kier alpha value is -0.870. The van der Waals surface area contributed by atoms with Crippen molar-refractivity contribution < 1.29 is 9.90 Å². The standard InChI is InChI=1S/C15H28N2O2/c1-4-16(11-13(2)3)15(19)12-17(9-10-18)14-7-5-6-8-14/h14,18H,2,4-12H2,1,3H3. The van der Waals surface area contributed by atoms with Gasteiger partial charge in [0.15, 0.2) is 0 Å². The van der Waals surface area contributed by atoms with Gasteiger partial charge in [0, 0.05) is 25.7 Å². The van der Waals surface area contributed by atoms with Crippen LogP contribution in [0.4, 0.5) is 0 Å². The molecule has 0 spiro atoms. The summed E-state index contributed by atoms with van der Waals surface area (Å²) in [7, 11) is 0. The van der Waals surface area contributed by atoms with Crippen LogP contribution in [0.15, 0.2) is 12.2 Å². The highest BCUT2D eigenvalue weighted by Gasteiger charge is 2.25. The fourth-order valence-corrected chi connectivity index (χ4v) is 2.76. The normalized spacial score (nSPS) is 16.0. The lowest BCUT2D eigenvalue weighted by molar-refractivity contribution is -0.132. The molecule has 0 radical (unpaired) electrons. The Morgan fingerprint density at radius 1 is 1.32 bits per heavy atom. The van der Waals surface area contributed by atoms with E-state index in [4.69, 9.17) is 0 Å². The van der Waals surface area contributed by atoms with E-state index in [1.807, 2.05) is 18.7 Å². The molecule has 0 bridgehead atoms. The quantitative estimate of drug-likeness (QED) is 0.681. The predicted molar refractivity (Wildman–Crippen MR) is 78.0 cm³/mol.